The Morgan fingerprint density at radius 2 is 2.13 bits per heavy atom. The lowest BCUT2D eigenvalue weighted by Crippen LogP contribution is -2.06. The van der Waals surface area contributed by atoms with Crippen LogP contribution >= 0.6 is 0 Å². The van der Waals surface area contributed by atoms with Crippen LogP contribution in [0.3, 0.4) is 0 Å². The van der Waals surface area contributed by atoms with Crippen LogP contribution in [0.15, 0.2) is 36.4 Å². The summed E-state index contributed by atoms with van der Waals surface area (Å²) < 4.78 is 7.08. The van der Waals surface area contributed by atoms with Gasteiger partial charge < -0.3 is 9.72 Å². The molecule has 4 rings (SSSR count). The summed E-state index contributed by atoms with van der Waals surface area (Å²) >= 11 is 0. The average Bonchev–Trinajstić information content (AvgIpc) is 3.21. The van der Waals surface area contributed by atoms with Crippen LogP contribution in [0, 0.1) is 0 Å². The number of hydrogen-bond acceptors (Lipinski definition) is 3. The van der Waals surface area contributed by atoms with Crippen molar-refractivity contribution in [3.8, 4) is 0 Å². The zero-order valence-electron chi connectivity index (χ0n) is 13.1. The first-order chi connectivity index (χ1) is 11.3. The standard InChI is InChI=1S/C18H19N3O2/c1-2-23-18(22)14-10-15-17(19-14)16(13-8-9-13)20-21(15)11-12-6-4-3-5-7-12/h3-7,10,13,19H,2,8-9,11H2,1H3. The molecule has 5 heteroatoms. The van der Waals surface area contributed by atoms with Crippen LogP contribution in [0.2, 0.25) is 0 Å². The van der Waals surface area contributed by atoms with Crippen LogP contribution in [0.5, 0.6) is 0 Å². The van der Waals surface area contributed by atoms with Crippen molar-refractivity contribution >= 4 is 17.0 Å². The molecule has 0 amide bonds. The zero-order valence-corrected chi connectivity index (χ0v) is 13.1. The van der Waals surface area contributed by atoms with E-state index in [0.29, 0.717) is 24.8 Å². The summed E-state index contributed by atoms with van der Waals surface area (Å²) in [5, 5.41) is 4.79. The highest BCUT2D eigenvalue weighted by atomic mass is 16.5. The number of ether oxygens (including phenoxy) is 1. The van der Waals surface area contributed by atoms with Crippen LogP contribution in [0.25, 0.3) is 11.0 Å². The SMILES string of the molecule is CCOC(=O)c1cc2c([nH]1)c(C1CC1)nn2Cc1ccccc1. The van der Waals surface area contributed by atoms with Gasteiger partial charge in [-0.25, -0.2) is 4.79 Å². The van der Waals surface area contributed by atoms with E-state index in [2.05, 4.69) is 17.1 Å². The van der Waals surface area contributed by atoms with E-state index in [1.54, 1.807) is 0 Å². The minimum atomic E-state index is -0.309. The van der Waals surface area contributed by atoms with Gasteiger partial charge in [-0.15, -0.1) is 0 Å². The monoisotopic (exact) mass is 309 g/mol. The molecule has 0 saturated heterocycles. The molecule has 5 nitrogen and oxygen atoms in total. The number of fused-ring (bicyclic) bond motifs is 1. The summed E-state index contributed by atoms with van der Waals surface area (Å²) in [5.41, 5.74) is 4.72. The Kier molecular flexibility index (Phi) is 3.41. The van der Waals surface area contributed by atoms with E-state index in [1.165, 1.54) is 18.4 Å². The quantitative estimate of drug-likeness (QED) is 0.734. The minimum absolute atomic E-state index is 0.309. The average molecular weight is 309 g/mol. The number of rotatable bonds is 5. The van der Waals surface area contributed by atoms with Gasteiger partial charge in [0.15, 0.2) is 0 Å². The van der Waals surface area contributed by atoms with E-state index >= 15 is 0 Å². The molecule has 1 aliphatic carbocycles. The van der Waals surface area contributed by atoms with Crippen LogP contribution in [-0.2, 0) is 11.3 Å². The van der Waals surface area contributed by atoms with Gasteiger partial charge >= 0.3 is 5.97 Å². The third-order valence-corrected chi connectivity index (χ3v) is 4.19. The van der Waals surface area contributed by atoms with Crippen LogP contribution in [0.1, 0.15) is 47.4 Å². The Balaban J connectivity index is 1.75. The predicted octanol–water partition coefficient (Wildman–Crippen LogP) is 3.47. The molecule has 1 N–H and O–H groups in total. The Bertz CT molecular complexity index is 844. The summed E-state index contributed by atoms with van der Waals surface area (Å²) in [6.07, 6.45) is 2.34. The molecule has 0 unspecified atom stereocenters. The van der Waals surface area contributed by atoms with Crippen molar-refractivity contribution in [2.75, 3.05) is 6.61 Å². The lowest BCUT2D eigenvalue weighted by Gasteiger charge is -2.03. The second-order valence-corrected chi connectivity index (χ2v) is 5.97. The normalized spacial score (nSPS) is 14.3. The number of carbonyl (C=O) groups excluding carboxylic acids is 1. The number of H-pyrrole nitrogens is 1. The number of carbonyl (C=O) groups is 1. The highest BCUT2D eigenvalue weighted by Crippen LogP contribution is 2.42. The number of aromatic amines is 1. The number of nitrogens with zero attached hydrogens (tertiary/aromatic N) is 2. The summed E-state index contributed by atoms with van der Waals surface area (Å²) in [5.74, 6) is 0.208. The van der Waals surface area contributed by atoms with E-state index in [1.807, 2.05) is 35.9 Å². The molecule has 0 radical (unpaired) electrons. The summed E-state index contributed by atoms with van der Waals surface area (Å²) in [7, 11) is 0. The van der Waals surface area contributed by atoms with Crippen LogP contribution in [0.4, 0.5) is 0 Å². The van der Waals surface area contributed by atoms with Gasteiger partial charge in [0.2, 0.25) is 0 Å². The Hall–Kier alpha value is -2.56. The molecular formula is C18H19N3O2. The lowest BCUT2D eigenvalue weighted by molar-refractivity contribution is 0.0520. The molecule has 1 aliphatic rings. The van der Waals surface area contributed by atoms with Gasteiger partial charge in [-0.1, -0.05) is 30.3 Å². The molecule has 0 aliphatic heterocycles. The van der Waals surface area contributed by atoms with Crippen LogP contribution < -0.4 is 0 Å². The molecule has 23 heavy (non-hydrogen) atoms. The molecule has 0 spiro atoms. The first-order valence-corrected chi connectivity index (χ1v) is 8.06. The number of benzene rings is 1. The van der Waals surface area contributed by atoms with Crippen molar-refractivity contribution in [2.24, 2.45) is 0 Å². The summed E-state index contributed by atoms with van der Waals surface area (Å²) in [6.45, 7) is 2.89. The van der Waals surface area contributed by atoms with Gasteiger partial charge in [-0.2, -0.15) is 5.10 Å². The number of nitrogens with one attached hydrogen (secondary N) is 1. The Labute approximate surface area is 134 Å². The second kappa shape index (κ2) is 5.57. The van der Waals surface area contributed by atoms with E-state index < -0.39 is 0 Å². The van der Waals surface area contributed by atoms with E-state index in [0.717, 1.165) is 16.7 Å². The Morgan fingerprint density at radius 1 is 1.35 bits per heavy atom. The predicted molar refractivity (Wildman–Crippen MR) is 87.6 cm³/mol. The summed E-state index contributed by atoms with van der Waals surface area (Å²) in [6, 6.07) is 12.1. The highest BCUT2D eigenvalue weighted by molar-refractivity contribution is 5.94. The fourth-order valence-corrected chi connectivity index (χ4v) is 2.91. The number of esters is 1. The van der Waals surface area contributed by atoms with Gasteiger partial charge in [0, 0.05) is 5.92 Å². The molecule has 0 atom stereocenters. The van der Waals surface area contributed by atoms with Crippen molar-refractivity contribution in [1.29, 1.82) is 0 Å². The molecule has 118 valence electrons. The van der Waals surface area contributed by atoms with Crippen LogP contribution in [-0.4, -0.2) is 27.3 Å². The molecule has 3 aromatic rings. The third kappa shape index (κ3) is 2.63. The summed E-state index contributed by atoms with van der Waals surface area (Å²) in [4.78, 5) is 15.2. The fraction of sp³-hybridized carbons (Fsp3) is 0.333. The van der Waals surface area contributed by atoms with Gasteiger partial charge in [0.1, 0.15) is 5.69 Å². The minimum Gasteiger partial charge on any atom is -0.461 e. The second-order valence-electron chi connectivity index (χ2n) is 5.97. The molecule has 2 aromatic heterocycles. The number of aromatic nitrogens is 3. The molecule has 0 bridgehead atoms. The maximum Gasteiger partial charge on any atom is 0.354 e. The van der Waals surface area contributed by atoms with E-state index in [-0.39, 0.29) is 5.97 Å². The van der Waals surface area contributed by atoms with Crippen molar-refractivity contribution < 1.29 is 9.53 Å². The van der Waals surface area contributed by atoms with Crippen molar-refractivity contribution in [3.05, 3.63) is 53.3 Å². The largest absolute Gasteiger partial charge is 0.461 e. The lowest BCUT2D eigenvalue weighted by atomic mass is 10.2. The van der Waals surface area contributed by atoms with Crippen molar-refractivity contribution in [1.82, 2.24) is 14.8 Å². The molecule has 1 fully saturated rings. The maximum atomic E-state index is 12.0. The van der Waals surface area contributed by atoms with Crippen molar-refractivity contribution in [2.45, 2.75) is 32.2 Å². The molecular weight excluding hydrogens is 290 g/mol. The van der Waals surface area contributed by atoms with E-state index in [4.69, 9.17) is 9.84 Å². The molecule has 2 heterocycles. The first-order valence-electron chi connectivity index (χ1n) is 8.06. The fourth-order valence-electron chi connectivity index (χ4n) is 2.91. The molecule has 1 aromatic carbocycles. The van der Waals surface area contributed by atoms with Crippen molar-refractivity contribution in [3.63, 3.8) is 0 Å². The van der Waals surface area contributed by atoms with Gasteiger partial charge in [0.25, 0.3) is 0 Å². The van der Waals surface area contributed by atoms with E-state index in [9.17, 15) is 4.79 Å². The van der Waals surface area contributed by atoms with Gasteiger partial charge in [0.05, 0.1) is 29.9 Å². The topological polar surface area (TPSA) is 59.9 Å². The third-order valence-electron chi connectivity index (χ3n) is 4.19. The van der Waals surface area contributed by atoms with Gasteiger partial charge in [-0.05, 0) is 31.4 Å². The number of hydrogen-bond donors (Lipinski definition) is 1. The zero-order chi connectivity index (χ0) is 15.8. The highest BCUT2D eigenvalue weighted by Gasteiger charge is 2.30. The molecule has 1 saturated carbocycles. The van der Waals surface area contributed by atoms with Gasteiger partial charge in [-0.3, -0.25) is 4.68 Å². The maximum absolute atomic E-state index is 12.0. The smallest absolute Gasteiger partial charge is 0.354 e. The Morgan fingerprint density at radius 3 is 2.83 bits per heavy atom. The first kappa shape index (κ1) is 14.1.